The van der Waals surface area contributed by atoms with Gasteiger partial charge in [0.2, 0.25) is 5.69 Å². The molecule has 2 aliphatic heterocycles. The van der Waals surface area contributed by atoms with Crippen molar-refractivity contribution in [3.63, 3.8) is 0 Å². The Labute approximate surface area is 309 Å². The smallest absolute Gasteiger partial charge is 0.744 e. The quantitative estimate of drug-likeness (QED) is 0.107. The Balaban J connectivity index is 0.00000541. The van der Waals surface area contributed by atoms with Gasteiger partial charge in [0.1, 0.15) is 16.7 Å². The predicted molar refractivity (Wildman–Crippen MR) is 184 cm³/mol. The molecule has 0 spiro atoms. The van der Waals surface area contributed by atoms with E-state index in [-0.39, 0.29) is 53.1 Å². The number of fused-ring (bicyclic) bond motifs is 2. The molecule has 2 aliphatic rings. The van der Waals surface area contributed by atoms with Crippen LogP contribution in [-0.2, 0) is 35.3 Å². The van der Waals surface area contributed by atoms with Crippen LogP contribution in [0, 0.1) is 6.92 Å². The summed E-state index contributed by atoms with van der Waals surface area (Å²) in [5, 5.41) is 9.71. The minimum atomic E-state index is -4.70. The molecule has 0 unspecified atom stereocenters. The summed E-state index contributed by atoms with van der Waals surface area (Å²) >= 11 is 0. The van der Waals surface area contributed by atoms with E-state index < -0.39 is 21.5 Å². The Hall–Kier alpha value is -4.06. The van der Waals surface area contributed by atoms with Gasteiger partial charge in [0.25, 0.3) is 13.2 Å². The Morgan fingerprint density at radius 3 is 2.35 bits per heavy atom. The molecular weight excluding hydrogens is 651 g/mol. The molecule has 0 atom stereocenters. The van der Waals surface area contributed by atoms with Crippen LogP contribution in [-0.4, -0.2) is 54.1 Å². The van der Waals surface area contributed by atoms with Crippen molar-refractivity contribution in [3.8, 4) is 0 Å². The van der Waals surface area contributed by atoms with E-state index in [2.05, 4.69) is 19.9 Å². The molecule has 1 N–H and O–H groups in total. The summed E-state index contributed by atoms with van der Waals surface area (Å²) in [6, 6.07) is 20.1. The van der Waals surface area contributed by atoms with Crippen LogP contribution in [0.25, 0.3) is 5.57 Å². The van der Waals surface area contributed by atoms with E-state index in [1.54, 1.807) is 4.90 Å². The maximum atomic E-state index is 11.9. The molecule has 0 bridgehead atoms. The van der Waals surface area contributed by atoms with Crippen LogP contribution in [0.15, 0.2) is 114 Å². The zero-order valence-corrected chi connectivity index (χ0v) is 31.3. The minimum Gasteiger partial charge on any atom is -0.744 e. The number of anilines is 1. The third-order valence-corrected chi connectivity index (χ3v) is 9.76. The van der Waals surface area contributed by atoms with Crippen molar-refractivity contribution in [2.24, 2.45) is 0 Å². The number of nitrogens with zero attached hydrogens (tertiary/aromatic N) is 2. The first-order valence-corrected chi connectivity index (χ1v) is 16.8. The average Bonchev–Trinajstić information content (AvgIpc) is 3.36. The fourth-order valence-corrected chi connectivity index (χ4v) is 7.01. The molecule has 3 aromatic rings. The summed E-state index contributed by atoms with van der Waals surface area (Å²) in [5.74, 6) is -1.05. The van der Waals surface area contributed by atoms with Crippen LogP contribution < -0.4 is 34.5 Å². The maximum Gasteiger partial charge on any atom is 1.00 e. The molecule has 49 heavy (non-hydrogen) atoms. The largest absolute Gasteiger partial charge is 1.00 e. The van der Waals surface area contributed by atoms with E-state index in [0.717, 1.165) is 33.7 Å². The summed E-state index contributed by atoms with van der Waals surface area (Å²) in [7, 11) is -4.70. The van der Waals surface area contributed by atoms with Crippen LogP contribution in [0.2, 0.25) is 0 Å². The number of hydrogen-bond acceptors (Lipinski definition) is 7. The number of benzene rings is 3. The van der Waals surface area contributed by atoms with Crippen LogP contribution >= 0.6 is 0 Å². The zero-order valence-electron chi connectivity index (χ0n) is 28.5. The summed E-state index contributed by atoms with van der Waals surface area (Å²) < 4.78 is 42.5. The van der Waals surface area contributed by atoms with Gasteiger partial charge in [-0.1, -0.05) is 80.1 Å². The van der Waals surface area contributed by atoms with Gasteiger partial charge in [-0.05, 0) is 67.8 Å². The van der Waals surface area contributed by atoms with Crippen molar-refractivity contribution in [1.29, 1.82) is 0 Å². The number of aryl methyl sites for hydroxylation is 1. The van der Waals surface area contributed by atoms with Gasteiger partial charge in [-0.2, -0.15) is 4.58 Å². The van der Waals surface area contributed by atoms with E-state index >= 15 is 0 Å². The average molecular weight is 690 g/mol. The summed E-state index contributed by atoms with van der Waals surface area (Å²) in [5.41, 5.74) is 6.64. The molecule has 5 rings (SSSR count). The van der Waals surface area contributed by atoms with Crippen LogP contribution in [0.3, 0.4) is 0 Å². The fraction of sp³-hybridized carbons (Fsp3) is 0.237. The summed E-state index contributed by atoms with van der Waals surface area (Å²) in [6.45, 7) is 10.2. The van der Waals surface area contributed by atoms with E-state index in [1.807, 2.05) is 104 Å². The topological polar surface area (TPSA) is 127 Å². The molecule has 11 heteroatoms. The van der Waals surface area contributed by atoms with Gasteiger partial charge in [0, 0.05) is 34.5 Å². The molecule has 0 aliphatic carbocycles. The molecule has 9 nitrogen and oxygen atoms in total. The van der Waals surface area contributed by atoms with E-state index in [0.29, 0.717) is 23.4 Å². The van der Waals surface area contributed by atoms with E-state index in [9.17, 15) is 27.7 Å². The number of aliphatic carboxylic acids is 1. The van der Waals surface area contributed by atoms with Gasteiger partial charge in [-0.15, -0.1) is 0 Å². The van der Waals surface area contributed by atoms with Gasteiger partial charge in [0.05, 0.1) is 10.3 Å². The molecular formula is C38H38N2NaO7S+. The van der Waals surface area contributed by atoms with Crippen LogP contribution in [0.4, 0.5) is 11.4 Å². The normalized spacial score (nSPS) is 17.4. The third kappa shape index (κ3) is 7.74. The maximum absolute atomic E-state index is 11.9. The second-order valence-corrected chi connectivity index (χ2v) is 14.2. The van der Waals surface area contributed by atoms with E-state index in [4.69, 9.17) is 4.74 Å². The summed E-state index contributed by atoms with van der Waals surface area (Å²) in [4.78, 5) is 24.3. The van der Waals surface area contributed by atoms with E-state index in [1.165, 1.54) is 18.2 Å². The third-order valence-electron chi connectivity index (χ3n) is 8.93. The van der Waals surface area contributed by atoms with Crippen LogP contribution in [0.1, 0.15) is 49.9 Å². The van der Waals surface area contributed by atoms with Crippen molar-refractivity contribution in [3.05, 3.63) is 131 Å². The van der Waals surface area contributed by atoms with Crippen molar-refractivity contribution in [1.82, 2.24) is 0 Å². The molecule has 0 saturated carbocycles. The Morgan fingerprint density at radius 1 is 0.980 bits per heavy atom. The number of allylic oxidation sites excluding steroid dienone is 8. The van der Waals surface area contributed by atoms with Crippen molar-refractivity contribution in [2.75, 3.05) is 18.2 Å². The molecule has 0 saturated heterocycles. The fourth-order valence-electron chi connectivity index (χ4n) is 6.51. The first-order valence-electron chi connectivity index (χ1n) is 15.4. The number of hydrogen-bond donors (Lipinski definition) is 1. The first kappa shape index (κ1) is 37.8. The number of carboxylic acid groups (broad SMARTS) is 1. The first-order chi connectivity index (χ1) is 22.7. The van der Waals surface area contributed by atoms with Crippen LogP contribution in [0.5, 0.6) is 0 Å². The number of carboxylic acids is 1. The molecule has 0 fully saturated rings. The zero-order chi connectivity index (χ0) is 34.9. The Morgan fingerprint density at radius 2 is 1.69 bits per heavy atom. The number of carbonyl (C=O) groups excluding carboxylic acids is 1. The molecule has 0 amide bonds. The van der Waals surface area contributed by atoms with Gasteiger partial charge in [0.15, 0.2) is 5.71 Å². The van der Waals surface area contributed by atoms with Gasteiger partial charge in [-0.25, -0.2) is 8.42 Å². The van der Waals surface area contributed by atoms with Gasteiger partial charge >= 0.3 is 35.5 Å². The second-order valence-electron chi connectivity index (χ2n) is 12.8. The van der Waals surface area contributed by atoms with Crippen molar-refractivity contribution < 1.29 is 66.5 Å². The monoisotopic (exact) mass is 689 g/mol. The molecule has 2 heterocycles. The van der Waals surface area contributed by atoms with Gasteiger partial charge in [-0.3, -0.25) is 9.59 Å². The number of carbonyl (C=O) groups is 2. The van der Waals surface area contributed by atoms with Crippen molar-refractivity contribution >= 4 is 45.2 Å². The number of ether oxygens (including phenoxy) is 1. The Bertz CT molecular complexity index is 2040. The number of rotatable bonds is 11. The minimum absolute atomic E-state index is 0. The summed E-state index contributed by atoms with van der Waals surface area (Å²) in [6.07, 6.45) is 11.5. The Kier molecular flexibility index (Phi) is 11.4. The second kappa shape index (κ2) is 14.8. The SMILES string of the molecule is Cc1ccc2c(c1)C(C)(C)C(/C=C/C=C(/C=C/C=C1/N(CC(=O)O)c3ccc(S(=O)(=O)[O-])cc3C1(C)C)c1ccccc1)=[N+]2COC=O.[Na+]. The predicted octanol–water partition coefficient (Wildman–Crippen LogP) is 3.37. The molecule has 0 radical (unpaired) electrons. The van der Waals surface area contributed by atoms with Gasteiger partial charge < -0.3 is 19.3 Å². The molecule has 3 aromatic carbocycles. The molecule has 248 valence electrons. The molecule has 0 aromatic heterocycles. The van der Waals surface area contributed by atoms with Crippen molar-refractivity contribution in [2.45, 2.75) is 50.3 Å². The standard InChI is InChI=1S/C38H38N2O7S.Na/c1-26-17-19-33-30(21-26)37(2,3)35(40(33)24-47-25-41)16-10-14-28(27-11-7-6-8-12-27)13-9-15-34-38(4,5)31-22-29(48(44,45)46)18-20-32(31)39(34)23-36(42)43;/h6-22,25H,23-24H2,1-5H3,(H-,42,43,44,45,46);/q;+1.